The summed E-state index contributed by atoms with van der Waals surface area (Å²) < 4.78 is 30.3. The van der Waals surface area contributed by atoms with Gasteiger partial charge in [-0.15, -0.1) is 0 Å². The molecule has 0 amide bonds. The highest BCUT2D eigenvalue weighted by molar-refractivity contribution is 6.00. The lowest BCUT2D eigenvalue weighted by molar-refractivity contribution is -0.138. The van der Waals surface area contributed by atoms with Crippen molar-refractivity contribution in [3.05, 3.63) is 72.9 Å². The molecule has 12 heteroatoms. The van der Waals surface area contributed by atoms with Gasteiger partial charge in [0, 0.05) is 18.2 Å². The van der Waals surface area contributed by atoms with Gasteiger partial charge in [0.15, 0.2) is 0 Å². The van der Waals surface area contributed by atoms with Crippen LogP contribution in [0.1, 0.15) is 69.6 Å². The molecule has 0 radical (unpaired) electrons. The number of carbonyl (C=O) groups excluding carboxylic acids is 6. The fourth-order valence-electron chi connectivity index (χ4n) is 3.03. The average molecular weight is 589 g/mol. The Hall–Kier alpha value is -4.74. The molecule has 42 heavy (non-hydrogen) atoms. The molecule has 1 aromatic rings. The van der Waals surface area contributed by atoms with E-state index >= 15 is 0 Å². The molecule has 0 unspecified atom stereocenters. The van der Waals surface area contributed by atoms with E-state index in [9.17, 15) is 28.8 Å². The summed E-state index contributed by atoms with van der Waals surface area (Å²) in [4.78, 5) is 71.2. The van der Waals surface area contributed by atoms with E-state index in [0.29, 0.717) is 38.5 Å². The summed E-state index contributed by atoms with van der Waals surface area (Å²) in [5, 5.41) is 0. The third-order valence-corrected chi connectivity index (χ3v) is 5.19. The SMILES string of the molecule is C=CC(=O)OCCCCOC(=O)c1cc(C(=O)OCCCCOC(=O)C=C)cc(C(=O)OCCCCOC(=O)C=C)c1. The molecule has 1 aromatic carbocycles. The van der Waals surface area contributed by atoms with Gasteiger partial charge in [-0.2, -0.15) is 0 Å². The van der Waals surface area contributed by atoms with Crippen LogP contribution in [0.15, 0.2) is 56.2 Å². The molecule has 0 N–H and O–H groups in total. The van der Waals surface area contributed by atoms with Crippen molar-refractivity contribution in [1.82, 2.24) is 0 Å². The predicted molar refractivity (Wildman–Crippen MR) is 148 cm³/mol. The predicted octanol–water partition coefficient (Wildman–Crippen LogP) is 3.69. The van der Waals surface area contributed by atoms with Crippen molar-refractivity contribution in [2.45, 2.75) is 38.5 Å². The van der Waals surface area contributed by atoms with Crippen molar-refractivity contribution < 1.29 is 57.2 Å². The minimum absolute atomic E-state index is 0.00574. The van der Waals surface area contributed by atoms with Gasteiger partial charge in [-0.3, -0.25) is 0 Å². The largest absolute Gasteiger partial charge is 0.463 e. The Morgan fingerprint density at radius 1 is 0.429 bits per heavy atom. The van der Waals surface area contributed by atoms with Crippen LogP contribution in [-0.4, -0.2) is 75.5 Å². The quantitative estimate of drug-likeness (QED) is 0.0889. The van der Waals surface area contributed by atoms with Gasteiger partial charge in [-0.05, 0) is 56.7 Å². The number of carbonyl (C=O) groups is 6. The summed E-state index contributed by atoms with van der Waals surface area (Å²) in [6.07, 6.45) is 5.65. The Balaban J connectivity index is 2.78. The Labute approximate surface area is 244 Å². The first-order valence-electron chi connectivity index (χ1n) is 13.3. The van der Waals surface area contributed by atoms with E-state index in [0.717, 1.165) is 18.2 Å². The maximum absolute atomic E-state index is 12.7. The zero-order valence-corrected chi connectivity index (χ0v) is 23.5. The van der Waals surface area contributed by atoms with Gasteiger partial charge in [-0.1, -0.05) is 19.7 Å². The third kappa shape index (κ3) is 15.2. The second-order valence-electron chi connectivity index (χ2n) is 8.44. The molecule has 0 saturated carbocycles. The van der Waals surface area contributed by atoms with Crippen LogP contribution < -0.4 is 0 Å². The summed E-state index contributed by atoms with van der Waals surface area (Å²) in [5.41, 5.74) is -0.202. The van der Waals surface area contributed by atoms with E-state index in [1.165, 1.54) is 18.2 Å². The van der Waals surface area contributed by atoms with Crippen LogP contribution in [0.4, 0.5) is 0 Å². The smallest absolute Gasteiger partial charge is 0.338 e. The maximum atomic E-state index is 12.7. The lowest BCUT2D eigenvalue weighted by atomic mass is 10.1. The molecule has 0 saturated heterocycles. The maximum Gasteiger partial charge on any atom is 0.338 e. The van der Waals surface area contributed by atoms with Crippen molar-refractivity contribution in [2.24, 2.45) is 0 Å². The van der Waals surface area contributed by atoms with Crippen LogP contribution in [0.25, 0.3) is 0 Å². The number of benzene rings is 1. The van der Waals surface area contributed by atoms with E-state index in [1.54, 1.807) is 0 Å². The van der Waals surface area contributed by atoms with Gasteiger partial charge in [0.1, 0.15) is 0 Å². The van der Waals surface area contributed by atoms with Gasteiger partial charge in [-0.25, -0.2) is 28.8 Å². The number of unbranched alkanes of at least 4 members (excludes halogenated alkanes) is 3. The molecule has 0 heterocycles. The van der Waals surface area contributed by atoms with E-state index in [-0.39, 0.29) is 56.3 Å². The lowest BCUT2D eigenvalue weighted by Gasteiger charge is -2.11. The van der Waals surface area contributed by atoms with Crippen LogP contribution in [-0.2, 0) is 42.8 Å². The van der Waals surface area contributed by atoms with Crippen LogP contribution in [0, 0.1) is 0 Å². The first-order chi connectivity index (χ1) is 20.2. The van der Waals surface area contributed by atoms with Crippen LogP contribution in [0.2, 0.25) is 0 Å². The monoisotopic (exact) mass is 588 g/mol. The van der Waals surface area contributed by atoms with Crippen LogP contribution >= 0.6 is 0 Å². The Kier molecular flexibility index (Phi) is 17.7. The van der Waals surface area contributed by atoms with Crippen LogP contribution in [0.5, 0.6) is 0 Å². The molecule has 1 rings (SSSR count). The van der Waals surface area contributed by atoms with E-state index in [4.69, 9.17) is 28.4 Å². The number of hydrogen-bond acceptors (Lipinski definition) is 12. The third-order valence-electron chi connectivity index (χ3n) is 5.19. The summed E-state index contributed by atoms with van der Waals surface area (Å²) in [6.45, 7) is 10.3. The van der Waals surface area contributed by atoms with Gasteiger partial charge in [0.05, 0.1) is 56.3 Å². The summed E-state index contributed by atoms with van der Waals surface area (Å²) in [5.74, 6) is -4.01. The lowest BCUT2D eigenvalue weighted by Crippen LogP contribution is -2.15. The van der Waals surface area contributed by atoms with Crippen LogP contribution in [0.3, 0.4) is 0 Å². The molecular formula is C30H36O12. The number of rotatable bonds is 21. The Morgan fingerprint density at radius 3 is 0.857 bits per heavy atom. The molecule has 0 aliphatic heterocycles. The normalized spacial score (nSPS) is 10.0. The van der Waals surface area contributed by atoms with Gasteiger partial charge in [0.25, 0.3) is 0 Å². The standard InChI is InChI=1S/C30H36O12/c1-4-25(31)37-13-7-10-16-40-28(34)22-19-23(29(35)41-17-11-8-14-38-26(32)5-2)21-24(20-22)30(36)42-18-12-9-15-39-27(33)6-3/h4-6,19-21H,1-3,7-18H2. The van der Waals surface area contributed by atoms with Crippen molar-refractivity contribution in [2.75, 3.05) is 39.6 Å². The van der Waals surface area contributed by atoms with Gasteiger partial charge >= 0.3 is 35.8 Å². The second-order valence-corrected chi connectivity index (χ2v) is 8.44. The summed E-state index contributed by atoms with van der Waals surface area (Å²) in [6, 6.07) is 3.73. The first-order valence-corrected chi connectivity index (χ1v) is 13.3. The fourth-order valence-corrected chi connectivity index (χ4v) is 3.03. The molecule has 0 spiro atoms. The highest BCUT2D eigenvalue weighted by atomic mass is 16.6. The highest BCUT2D eigenvalue weighted by Gasteiger charge is 2.19. The van der Waals surface area contributed by atoms with Crippen molar-refractivity contribution >= 4 is 35.8 Å². The van der Waals surface area contributed by atoms with E-state index in [2.05, 4.69) is 19.7 Å². The minimum Gasteiger partial charge on any atom is -0.463 e. The van der Waals surface area contributed by atoms with Crippen molar-refractivity contribution in [3.8, 4) is 0 Å². The van der Waals surface area contributed by atoms with E-state index in [1.807, 2.05) is 0 Å². The van der Waals surface area contributed by atoms with Crippen molar-refractivity contribution in [3.63, 3.8) is 0 Å². The molecule has 0 aliphatic carbocycles. The minimum atomic E-state index is -0.783. The number of ether oxygens (including phenoxy) is 6. The molecule has 228 valence electrons. The Morgan fingerprint density at radius 2 is 0.643 bits per heavy atom. The average Bonchev–Trinajstić information content (AvgIpc) is 3.00. The topological polar surface area (TPSA) is 158 Å². The fraction of sp³-hybridized carbons (Fsp3) is 0.400. The number of esters is 6. The summed E-state index contributed by atoms with van der Waals surface area (Å²) >= 11 is 0. The molecule has 0 bridgehead atoms. The molecule has 12 nitrogen and oxygen atoms in total. The molecular weight excluding hydrogens is 552 g/mol. The van der Waals surface area contributed by atoms with Gasteiger partial charge < -0.3 is 28.4 Å². The van der Waals surface area contributed by atoms with Gasteiger partial charge in [0.2, 0.25) is 0 Å². The molecule has 0 aliphatic rings. The van der Waals surface area contributed by atoms with Crippen molar-refractivity contribution in [1.29, 1.82) is 0 Å². The second kappa shape index (κ2) is 21.1. The van der Waals surface area contributed by atoms with E-state index < -0.39 is 35.8 Å². The first kappa shape index (κ1) is 35.3. The highest BCUT2D eigenvalue weighted by Crippen LogP contribution is 2.15. The number of hydrogen-bond donors (Lipinski definition) is 0. The molecule has 0 fully saturated rings. The molecule has 0 atom stereocenters. The molecule has 0 aromatic heterocycles. The Bertz CT molecular complexity index is 971. The zero-order valence-electron chi connectivity index (χ0n) is 23.5. The summed E-state index contributed by atoms with van der Waals surface area (Å²) in [7, 11) is 0. The zero-order chi connectivity index (χ0) is 31.2.